The van der Waals surface area contributed by atoms with Gasteiger partial charge in [0.1, 0.15) is 5.82 Å². The van der Waals surface area contributed by atoms with Crippen molar-refractivity contribution in [3.05, 3.63) is 5.82 Å². The third-order valence-corrected chi connectivity index (χ3v) is 2.33. The lowest BCUT2D eigenvalue weighted by Crippen LogP contribution is -2.36. The lowest BCUT2D eigenvalue weighted by atomic mass is 10.5. The molecule has 0 aromatic carbocycles. The first-order valence-electron chi connectivity index (χ1n) is 3.69. The molecular formula is C6H11N5OS. The number of nitrogens with zero attached hydrogens (tertiary/aromatic N) is 2. The molecule has 7 heteroatoms. The minimum absolute atomic E-state index is 0.243. The van der Waals surface area contributed by atoms with E-state index in [4.69, 9.17) is 5.84 Å². The first-order valence-corrected chi connectivity index (χ1v) is 4.57. The van der Waals surface area contributed by atoms with E-state index in [0.29, 0.717) is 5.16 Å². The Balaban J connectivity index is 2.54. The summed E-state index contributed by atoms with van der Waals surface area (Å²) in [5, 5.41) is 6.82. The Hall–Kier alpha value is -1.08. The summed E-state index contributed by atoms with van der Waals surface area (Å²) < 4.78 is 0. The highest BCUT2D eigenvalue weighted by Gasteiger charge is 2.14. The Labute approximate surface area is 79.7 Å². The van der Waals surface area contributed by atoms with E-state index in [-0.39, 0.29) is 11.2 Å². The zero-order valence-electron chi connectivity index (χ0n) is 7.37. The number of H-pyrrole nitrogens is 1. The van der Waals surface area contributed by atoms with Crippen LogP contribution in [0, 0.1) is 6.92 Å². The van der Waals surface area contributed by atoms with E-state index in [1.807, 2.05) is 0 Å². The number of nitrogens with two attached hydrogens (primary N) is 1. The predicted molar refractivity (Wildman–Crippen MR) is 48.8 cm³/mol. The van der Waals surface area contributed by atoms with Gasteiger partial charge in [-0.2, -0.15) is 0 Å². The summed E-state index contributed by atoms with van der Waals surface area (Å²) in [4.78, 5) is 15.0. The molecular weight excluding hydrogens is 190 g/mol. The number of thioether (sulfide) groups is 1. The number of hydrazine groups is 1. The number of amides is 1. The molecule has 0 saturated carbocycles. The second-order valence-corrected chi connectivity index (χ2v) is 3.78. The average molecular weight is 201 g/mol. The molecule has 1 aromatic heterocycles. The number of hydrogen-bond acceptors (Lipinski definition) is 5. The minimum atomic E-state index is -0.291. The van der Waals surface area contributed by atoms with Crippen molar-refractivity contribution in [2.45, 2.75) is 24.3 Å². The molecule has 1 aromatic rings. The molecule has 0 aliphatic carbocycles. The summed E-state index contributed by atoms with van der Waals surface area (Å²) >= 11 is 1.25. The zero-order valence-corrected chi connectivity index (χ0v) is 8.18. The molecule has 0 bridgehead atoms. The summed E-state index contributed by atoms with van der Waals surface area (Å²) in [5.41, 5.74) is 2.07. The van der Waals surface area contributed by atoms with Crippen molar-refractivity contribution in [3.8, 4) is 0 Å². The van der Waals surface area contributed by atoms with Crippen molar-refractivity contribution >= 4 is 17.7 Å². The van der Waals surface area contributed by atoms with Crippen LogP contribution in [0.2, 0.25) is 0 Å². The zero-order chi connectivity index (χ0) is 9.84. The lowest BCUT2D eigenvalue weighted by Gasteiger charge is -2.04. The molecule has 13 heavy (non-hydrogen) atoms. The summed E-state index contributed by atoms with van der Waals surface area (Å²) in [7, 11) is 0. The van der Waals surface area contributed by atoms with Crippen LogP contribution in [0.25, 0.3) is 0 Å². The Morgan fingerprint density at radius 1 is 1.77 bits per heavy atom. The van der Waals surface area contributed by atoms with Crippen molar-refractivity contribution in [2.24, 2.45) is 5.84 Å². The average Bonchev–Trinajstić information content (AvgIpc) is 2.49. The Morgan fingerprint density at radius 3 is 2.92 bits per heavy atom. The van der Waals surface area contributed by atoms with Gasteiger partial charge in [0.05, 0.1) is 5.25 Å². The molecule has 1 rings (SSSR count). The number of rotatable bonds is 3. The van der Waals surface area contributed by atoms with Gasteiger partial charge in [-0.3, -0.25) is 15.3 Å². The highest BCUT2D eigenvalue weighted by atomic mass is 32.2. The lowest BCUT2D eigenvalue weighted by molar-refractivity contribution is -0.120. The monoisotopic (exact) mass is 201 g/mol. The van der Waals surface area contributed by atoms with Gasteiger partial charge >= 0.3 is 0 Å². The molecule has 0 spiro atoms. The summed E-state index contributed by atoms with van der Waals surface area (Å²) in [6, 6.07) is 0. The fourth-order valence-corrected chi connectivity index (χ4v) is 1.48. The second kappa shape index (κ2) is 4.24. The van der Waals surface area contributed by atoms with Crippen LogP contribution in [0.15, 0.2) is 5.16 Å². The molecule has 6 nitrogen and oxygen atoms in total. The van der Waals surface area contributed by atoms with E-state index in [1.54, 1.807) is 13.8 Å². The number of aromatic nitrogens is 3. The third kappa shape index (κ3) is 2.71. The van der Waals surface area contributed by atoms with Gasteiger partial charge in [0.25, 0.3) is 0 Å². The second-order valence-electron chi connectivity index (χ2n) is 2.47. The summed E-state index contributed by atoms with van der Waals surface area (Å²) in [6.07, 6.45) is 0. The van der Waals surface area contributed by atoms with Gasteiger partial charge in [-0.15, -0.1) is 5.10 Å². The molecule has 4 N–H and O–H groups in total. The maximum Gasteiger partial charge on any atom is 0.247 e. The molecule has 1 atom stereocenters. The highest BCUT2D eigenvalue weighted by molar-refractivity contribution is 8.00. The molecule has 0 radical (unpaired) electrons. The number of nitrogens with one attached hydrogen (secondary N) is 2. The molecule has 1 amide bonds. The SMILES string of the molecule is Cc1nc(S[C@H](C)C(=O)NN)n[nH]1. The van der Waals surface area contributed by atoms with E-state index in [2.05, 4.69) is 20.6 Å². The van der Waals surface area contributed by atoms with E-state index in [0.717, 1.165) is 5.82 Å². The molecule has 0 saturated heterocycles. The van der Waals surface area contributed by atoms with Crippen molar-refractivity contribution in [2.75, 3.05) is 0 Å². The molecule has 0 unspecified atom stereocenters. The topological polar surface area (TPSA) is 96.7 Å². The minimum Gasteiger partial charge on any atom is -0.293 e. The van der Waals surface area contributed by atoms with Crippen molar-refractivity contribution in [3.63, 3.8) is 0 Å². The van der Waals surface area contributed by atoms with Crippen LogP contribution in [0.4, 0.5) is 0 Å². The van der Waals surface area contributed by atoms with Gasteiger partial charge in [-0.05, 0) is 13.8 Å². The standard InChI is InChI=1S/C6H11N5OS/c1-3(5(12)9-7)13-6-8-4(2)10-11-6/h3H,7H2,1-2H3,(H,9,12)(H,8,10,11)/t3-/m1/s1. The van der Waals surface area contributed by atoms with Gasteiger partial charge in [0, 0.05) is 0 Å². The van der Waals surface area contributed by atoms with Crippen LogP contribution in [0.1, 0.15) is 12.7 Å². The van der Waals surface area contributed by atoms with E-state index in [1.165, 1.54) is 11.8 Å². The Kier molecular flexibility index (Phi) is 3.26. The van der Waals surface area contributed by atoms with Crippen LogP contribution < -0.4 is 11.3 Å². The number of aryl methyl sites for hydroxylation is 1. The number of hydrogen-bond donors (Lipinski definition) is 3. The summed E-state index contributed by atoms with van der Waals surface area (Å²) in [5.74, 6) is 5.45. The van der Waals surface area contributed by atoms with Gasteiger partial charge < -0.3 is 0 Å². The number of aromatic amines is 1. The maximum atomic E-state index is 11.0. The van der Waals surface area contributed by atoms with Crippen LogP contribution in [0.3, 0.4) is 0 Å². The van der Waals surface area contributed by atoms with Crippen LogP contribution >= 0.6 is 11.8 Å². The third-order valence-electron chi connectivity index (χ3n) is 1.37. The van der Waals surface area contributed by atoms with Crippen molar-refractivity contribution in [1.82, 2.24) is 20.6 Å². The Bertz CT molecular complexity index is 299. The van der Waals surface area contributed by atoms with E-state index >= 15 is 0 Å². The number of carbonyl (C=O) groups is 1. The molecule has 72 valence electrons. The van der Waals surface area contributed by atoms with Gasteiger partial charge in [0.15, 0.2) is 0 Å². The van der Waals surface area contributed by atoms with Gasteiger partial charge in [-0.1, -0.05) is 11.8 Å². The largest absolute Gasteiger partial charge is 0.293 e. The van der Waals surface area contributed by atoms with Gasteiger partial charge in [0.2, 0.25) is 11.1 Å². The molecule has 0 aliphatic rings. The molecule has 0 fully saturated rings. The Morgan fingerprint density at radius 2 is 2.46 bits per heavy atom. The molecule has 1 heterocycles. The number of carbonyl (C=O) groups excluding carboxylic acids is 1. The van der Waals surface area contributed by atoms with Crippen molar-refractivity contribution in [1.29, 1.82) is 0 Å². The smallest absolute Gasteiger partial charge is 0.247 e. The summed E-state index contributed by atoms with van der Waals surface area (Å²) in [6.45, 7) is 3.53. The van der Waals surface area contributed by atoms with Gasteiger partial charge in [-0.25, -0.2) is 10.8 Å². The normalized spacial score (nSPS) is 12.5. The first kappa shape index (κ1) is 10.0. The molecule has 0 aliphatic heterocycles. The van der Waals surface area contributed by atoms with Crippen molar-refractivity contribution < 1.29 is 4.79 Å². The van der Waals surface area contributed by atoms with E-state index in [9.17, 15) is 4.79 Å². The van der Waals surface area contributed by atoms with Crippen LogP contribution in [0.5, 0.6) is 0 Å². The van der Waals surface area contributed by atoms with Crippen LogP contribution in [-0.4, -0.2) is 26.3 Å². The fourth-order valence-electron chi connectivity index (χ4n) is 0.704. The first-order chi connectivity index (χ1) is 6.13. The highest BCUT2D eigenvalue weighted by Crippen LogP contribution is 2.18. The predicted octanol–water partition coefficient (Wildman–Crippen LogP) is -0.416. The fraction of sp³-hybridized carbons (Fsp3) is 0.500. The van der Waals surface area contributed by atoms with E-state index < -0.39 is 0 Å². The quantitative estimate of drug-likeness (QED) is 0.267. The van der Waals surface area contributed by atoms with Crippen LogP contribution in [-0.2, 0) is 4.79 Å². The maximum absolute atomic E-state index is 11.0.